The fourth-order valence-electron chi connectivity index (χ4n) is 5.60. The summed E-state index contributed by atoms with van der Waals surface area (Å²) in [5, 5.41) is 13.1. The molecule has 2 aliphatic heterocycles. The second kappa shape index (κ2) is 8.90. The van der Waals surface area contributed by atoms with E-state index in [0.717, 1.165) is 42.4 Å². The van der Waals surface area contributed by atoms with E-state index in [9.17, 15) is 14.7 Å². The number of carbonyl (C=O) groups excluding carboxylic acids is 2. The quantitative estimate of drug-likeness (QED) is 0.775. The van der Waals surface area contributed by atoms with Gasteiger partial charge < -0.3 is 20.2 Å². The lowest BCUT2D eigenvalue weighted by atomic mass is 9.73. The number of rotatable bonds is 4. The molecule has 7 heteroatoms. The number of piperazine rings is 1. The highest BCUT2D eigenvalue weighted by Crippen LogP contribution is 2.43. The maximum absolute atomic E-state index is 12.9. The van der Waals surface area contributed by atoms with Crippen LogP contribution in [-0.4, -0.2) is 69.7 Å². The molecule has 2 saturated heterocycles. The molecule has 3 fully saturated rings. The summed E-state index contributed by atoms with van der Waals surface area (Å²) in [6.45, 7) is 0.500. The van der Waals surface area contributed by atoms with Crippen LogP contribution < -0.4 is 5.32 Å². The maximum Gasteiger partial charge on any atom is 0.318 e. The fourth-order valence-corrected chi connectivity index (χ4v) is 5.60. The van der Waals surface area contributed by atoms with Gasteiger partial charge in [0.25, 0.3) is 0 Å². The van der Waals surface area contributed by atoms with Gasteiger partial charge in [-0.1, -0.05) is 49.6 Å². The molecule has 3 amide bonds. The van der Waals surface area contributed by atoms with Gasteiger partial charge in [-0.15, -0.1) is 0 Å². The van der Waals surface area contributed by atoms with Crippen LogP contribution in [0.2, 0.25) is 0 Å². The molecular formula is C25H30N4O3. The minimum atomic E-state index is -0.236. The van der Waals surface area contributed by atoms with Crippen molar-refractivity contribution in [1.29, 1.82) is 0 Å². The number of urea groups is 1. The van der Waals surface area contributed by atoms with Crippen molar-refractivity contribution >= 4 is 11.9 Å². The van der Waals surface area contributed by atoms with E-state index in [4.69, 9.17) is 0 Å². The molecule has 0 spiro atoms. The predicted molar refractivity (Wildman–Crippen MR) is 121 cm³/mol. The van der Waals surface area contributed by atoms with Gasteiger partial charge in [0.2, 0.25) is 5.91 Å². The molecule has 2 N–H and O–H groups in total. The summed E-state index contributed by atoms with van der Waals surface area (Å²) in [6.07, 6.45) is 9.14. The maximum atomic E-state index is 12.9. The number of benzene rings is 1. The number of aromatic nitrogens is 1. The standard InChI is InChI=1S/C25H30N4O3/c30-16-22-24(18-10-8-17(9-11-18)19-5-4-12-26-13-19)21-14-28(15-23(31)29(21)22)25(32)27-20-6-2-1-3-7-20/h4-5,8-13,20-22,24,30H,1-3,6-7,14-16H2,(H,27,32)/t21-,22-,24-/m0/s1. The fraction of sp³-hybridized carbons (Fsp3) is 0.480. The first kappa shape index (κ1) is 20.9. The Labute approximate surface area is 188 Å². The normalized spacial score (nSPS) is 25.8. The zero-order valence-electron chi connectivity index (χ0n) is 18.2. The summed E-state index contributed by atoms with van der Waals surface area (Å²) in [4.78, 5) is 33.3. The lowest BCUT2D eigenvalue weighted by Gasteiger charge is -2.58. The third-order valence-electron chi connectivity index (χ3n) is 7.26. The summed E-state index contributed by atoms with van der Waals surface area (Å²) < 4.78 is 0. The minimum Gasteiger partial charge on any atom is -0.394 e. The first-order valence-corrected chi connectivity index (χ1v) is 11.6. The van der Waals surface area contributed by atoms with Gasteiger partial charge in [-0.05, 0) is 35.6 Å². The third-order valence-corrected chi connectivity index (χ3v) is 7.26. The number of amides is 3. The number of hydrogen-bond donors (Lipinski definition) is 2. The second-order valence-electron chi connectivity index (χ2n) is 9.17. The van der Waals surface area contributed by atoms with Gasteiger partial charge >= 0.3 is 6.03 Å². The SMILES string of the molecule is O=C(NC1CCCCC1)N1CC(=O)N2[C@@H](CO)[C@@H](c3ccc(-c4cccnc4)cc3)[C@@H]2C1. The number of nitrogens with zero attached hydrogens (tertiary/aromatic N) is 3. The van der Waals surface area contributed by atoms with Crippen LogP contribution >= 0.6 is 0 Å². The molecule has 1 saturated carbocycles. The van der Waals surface area contributed by atoms with Crippen LogP contribution in [0, 0.1) is 0 Å². The lowest BCUT2D eigenvalue weighted by Crippen LogP contribution is -2.74. The third kappa shape index (κ3) is 3.86. The molecule has 5 rings (SSSR count). The molecule has 0 unspecified atom stereocenters. The number of aliphatic hydroxyl groups is 1. The van der Waals surface area contributed by atoms with E-state index < -0.39 is 0 Å². The van der Waals surface area contributed by atoms with Gasteiger partial charge in [0, 0.05) is 30.9 Å². The van der Waals surface area contributed by atoms with E-state index in [0.29, 0.717) is 6.54 Å². The molecule has 3 heterocycles. The van der Waals surface area contributed by atoms with E-state index in [1.54, 1.807) is 16.0 Å². The molecule has 1 aliphatic carbocycles. The second-order valence-corrected chi connectivity index (χ2v) is 9.17. The summed E-state index contributed by atoms with van der Waals surface area (Å²) in [6, 6.07) is 11.9. The predicted octanol–water partition coefficient (Wildman–Crippen LogP) is 2.76. The number of carbonyl (C=O) groups is 2. The molecular weight excluding hydrogens is 404 g/mol. The van der Waals surface area contributed by atoms with E-state index in [2.05, 4.69) is 34.6 Å². The number of nitrogens with one attached hydrogen (secondary N) is 1. The molecule has 2 aromatic rings. The summed E-state index contributed by atoms with van der Waals surface area (Å²) in [7, 11) is 0. The Morgan fingerprint density at radius 3 is 2.56 bits per heavy atom. The van der Waals surface area contributed by atoms with Gasteiger partial charge in [0.1, 0.15) is 6.54 Å². The van der Waals surface area contributed by atoms with Crippen LogP contribution in [0.3, 0.4) is 0 Å². The van der Waals surface area contributed by atoms with Crippen LogP contribution in [0.4, 0.5) is 4.79 Å². The summed E-state index contributed by atoms with van der Waals surface area (Å²) >= 11 is 0. The van der Waals surface area contributed by atoms with Gasteiger partial charge in [-0.25, -0.2) is 4.79 Å². The molecule has 32 heavy (non-hydrogen) atoms. The first-order chi connectivity index (χ1) is 15.7. The Balaban J connectivity index is 1.31. The van der Waals surface area contributed by atoms with Crippen molar-refractivity contribution in [3.63, 3.8) is 0 Å². The van der Waals surface area contributed by atoms with Crippen LogP contribution in [0.5, 0.6) is 0 Å². The van der Waals surface area contributed by atoms with Crippen LogP contribution in [-0.2, 0) is 4.79 Å². The van der Waals surface area contributed by atoms with Crippen molar-refractivity contribution in [1.82, 2.24) is 20.1 Å². The molecule has 1 aromatic carbocycles. The summed E-state index contributed by atoms with van der Waals surface area (Å²) in [5.41, 5.74) is 3.21. The Bertz CT molecular complexity index is 959. The number of pyridine rings is 1. The molecule has 3 atom stereocenters. The Kier molecular flexibility index (Phi) is 5.83. The first-order valence-electron chi connectivity index (χ1n) is 11.6. The van der Waals surface area contributed by atoms with Crippen molar-refractivity contribution in [2.45, 2.75) is 56.1 Å². The minimum absolute atomic E-state index is 0.0113. The van der Waals surface area contributed by atoms with Gasteiger partial charge in [-0.3, -0.25) is 9.78 Å². The molecule has 0 bridgehead atoms. The summed E-state index contributed by atoms with van der Waals surface area (Å²) in [5.74, 6) is -0.0699. The highest BCUT2D eigenvalue weighted by molar-refractivity contribution is 5.87. The van der Waals surface area contributed by atoms with Crippen LogP contribution in [0.1, 0.15) is 43.6 Å². The average molecular weight is 435 g/mol. The number of fused-ring (bicyclic) bond motifs is 1. The Morgan fingerprint density at radius 2 is 1.88 bits per heavy atom. The van der Waals surface area contributed by atoms with Gasteiger partial charge in [0.05, 0.1) is 18.7 Å². The topological polar surface area (TPSA) is 85.8 Å². The van der Waals surface area contributed by atoms with Gasteiger partial charge in [0.15, 0.2) is 0 Å². The van der Waals surface area contributed by atoms with Crippen molar-refractivity contribution in [2.75, 3.05) is 19.7 Å². The van der Waals surface area contributed by atoms with Crippen molar-refractivity contribution in [3.8, 4) is 11.1 Å². The lowest BCUT2D eigenvalue weighted by molar-refractivity contribution is -0.159. The molecule has 168 valence electrons. The highest BCUT2D eigenvalue weighted by atomic mass is 16.3. The van der Waals surface area contributed by atoms with Crippen molar-refractivity contribution in [3.05, 3.63) is 54.4 Å². The van der Waals surface area contributed by atoms with Crippen molar-refractivity contribution in [2.24, 2.45) is 0 Å². The zero-order chi connectivity index (χ0) is 22.1. The van der Waals surface area contributed by atoms with E-state index >= 15 is 0 Å². The molecule has 7 nitrogen and oxygen atoms in total. The Morgan fingerprint density at radius 1 is 1.09 bits per heavy atom. The molecule has 0 radical (unpaired) electrons. The van der Waals surface area contributed by atoms with E-state index in [1.807, 2.05) is 18.3 Å². The monoisotopic (exact) mass is 434 g/mol. The van der Waals surface area contributed by atoms with Crippen LogP contribution in [0.15, 0.2) is 48.8 Å². The van der Waals surface area contributed by atoms with E-state index in [1.165, 1.54) is 6.42 Å². The van der Waals surface area contributed by atoms with Gasteiger partial charge in [-0.2, -0.15) is 0 Å². The smallest absolute Gasteiger partial charge is 0.318 e. The zero-order valence-corrected chi connectivity index (χ0v) is 18.2. The van der Waals surface area contributed by atoms with E-state index in [-0.39, 0.29) is 49.1 Å². The molecule has 3 aliphatic rings. The van der Waals surface area contributed by atoms with Crippen LogP contribution in [0.25, 0.3) is 11.1 Å². The number of hydrogen-bond acceptors (Lipinski definition) is 4. The molecule has 1 aromatic heterocycles. The highest BCUT2D eigenvalue weighted by Gasteiger charge is 2.54. The average Bonchev–Trinajstić information content (AvgIpc) is 2.82. The largest absolute Gasteiger partial charge is 0.394 e. The van der Waals surface area contributed by atoms with Crippen molar-refractivity contribution < 1.29 is 14.7 Å². The Hall–Kier alpha value is -2.93. The number of aliphatic hydroxyl groups excluding tert-OH is 1.